The molecular formula is C19H29N3O3. The molecular weight excluding hydrogens is 318 g/mol. The largest absolute Gasteiger partial charge is 0.453 e. The zero-order valence-electron chi connectivity index (χ0n) is 15.4. The highest BCUT2D eigenvalue weighted by molar-refractivity contribution is 5.99. The topological polar surface area (TPSA) is 70.7 Å². The zero-order chi connectivity index (χ0) is 18.2. The van der Waals surface area contributed by atoms with Gasteiger partial charge in [0, 0.05) is 31.4 Å². The Labute approximate surface area is 149 Å². The van der Waals surface area contributed by atoms with E-state index in [1.54, 1.807) is 0 Å². The second-order valence-electron chi connectivity index (χ2n) is 6.64. The summed E-state index contributed by atoms with van der Waals surface area (Å²) in [6, 6.07) is 7.84. The van der Waals surface area contributed by atoms with Gasteiger partial charge in [-0.1, -0.05) is 32.4 Å². The van der Waals surface area contributed by atoms with Crippen LogP contribution in [0.4, 0.5) is 10.5 Å². The van der Waals surface area contributed by atoms with Crippen molar-refractivity contribution < 1.29 is 14.3 Å². The van der Waals surface area contributed by atoms with Crippen molar-refractivity contribution in [3.05, 3.63) is 29.8 Å². The number of benzene rings is 1. The molecule has 1 saturated heterocycles. The first-order valence-corrected chi connectivity index (χ1v) is 9.01. The van der Waals surface area contributed by atoms with Gasteiger partial charge in [-0.3, -0.25) is 4.79 Å². The molecule has 0 saturated carbocycles. The lowest BCUT2D eigenvalue weighted by Gasteiger charge is -2.34. The normalized spacial score (nSPS) is 16.2. The van der Waals surface area contributed by atoms with E-state index in [1.165, 1.54) is 7.11 Å². The van der Waals surface area contributed by atoms with E-state index in [-0.39, 0.29) is 18.0 Å². The van der Waals surface area contributed by atoms with Gasteiger partial charge in [0.1, 0.15) is 0 Å². The SMILES string of the molecule is CC[C@H](C)CNC(=O)c1ccccc1N1CCC(NC(=O)OC)CC1. The van der Waals surface area contributed by atoms with Gasteiger partial charge in [0.25, 0.3) is 5.91 Å². The molecule has 6 heteroatoms. The lowest BCUT2D eigenvalue weighted by Crippen LogP contribution is -2.45. The molecule has 0 radical (unpaired) electrons. The van der Waals surface area contributed by atoms with Crippen molar-refractivity contribution >= 4 is 17.7 Å². The highest BCUT2D eigenvalue weighted by Gasteiger charge is 2.23. The highest BCUT2D eigenvalue weighted by atomic mass is 16.5. The van der Waals surface area contributed by atoms with Gasteiger partial charge >= 0.3 is 6.09 Å². The molecule has 0 aromatic heterocycles. The van der Waals surface area contributed by atoms with Crippen LogP contribution >= 0.6 is 0 Å². The van der Waals surface area contributed by atoms with Gasteiger partial charge in [-0.05, 0) is 30.9 Å². The predicted molar refractivity (Wildman–Crippen MR) is 99.0 cm³/mol. The van der Waals surface area contributed by atoms with Gasteiger partial charge in [-0.25, -0.2) is 4.79 Å². The lowest BCUT2D eigenvalue weighted by molar-refractivity contribution is 0.0948. The van der Waals surface area contributed by atoms with Gasteiger partial charge in [0.2, 0.25) is 0 Å². The monoisotopic (exact) mass is 347 g/mol. The predicted octanol–water partition coefficient (Wildman–Crippen LogP) is 2.79. The number of methoxy groups -OCH3 is 1. The van der Waals surface area contributed by atoms with Crippen LogP contribution in [-0.4, -0.2) is 44.8 Å². The van der Waals surface area contributed by atoms with E-state index in [0.29, 0.717) is 18.0 Å². The molecule has 0 unspecified atom stereocenters. The molecule has 1 atom stereocenters. The van der Waals surface area contributed by atoms with E-state index < -0.39 is 0 Å². The standard InChI is InChI=1S/C19H29N3O3/c1-4-14(2)13-20-18(23)16-7-5-6-8-17(16)22-11-9-15(10-12-22)21-19(24)25-3/h5-8,14-15H,4,9-13H2,1-3H3,(H,20,23)(H,21,24)/t14-/m0/s1. The molecule has 2 rings (SSSR count). The summed E-state index contributed by atoms with van der Waals surface area (Å²) in [5, 5.41) is 5.88. The van der Waals surface area contributed by atoms with Crippen molar-refractivity contribution in [2.24, 2.45) is 5.92 Å². The van der Waals surface area contributed by atoms with Gasteiger partial charge in [-0.15, -0.1) is 0 Å². The van der Waals surface area contributed by atoms with Gasteiger partial charge in [0.05, 0.1) is 12.7 Å². The fourth-order valence-corrected chi connectivity index (χ4v) is 2.94. The minimum Gasteiger partial charge on any atom is -0.453 e. The van der Waals surface area contributed by atoms with Crippen LogP contribution in [0.1, 0.15) is 43.5 Å². The second-order valence-corrected chi connectivity index (χ2v) is 6.64. The van der Waals surface area contributed by atoms with Gasteiger partial charge in [-0.2, -0.15) is 0 Å². The van der Waals surface area contributed by atoms with Crippen molar-refractivity contribution in [2.45, 2.75) is 39.2 Å². The van der Waals surface area contributed by atoms with Crippen LogP contribution in [0.25, 0.3) is 0 Å². The molecule has 6 nitrogen and oxygen atoms in total. The maximum Gasteiger partial charge on any atom is 0.407 e. The number of anilines is 1. The van der Waals surface area contributed by atoms with E-state index in [0.717, 1.165) is 38.0 Å². The average Bonchev–Trinajstić information content (AvgIpc) is 2.66. The smallest absolute Gasteiger partial charge is 0.407 e. The maximum atomic E-state index is 12.6. The summed E-state index contributed by atoms with van der Waals surface area (Å²) >= 11 is 0. The first-order valence-electron chi connectivity index (χ1n) is 9.01. The number of para-hydroxylation sites is 1. The van der Waals surface area contributed by atoms with Crippen molar-refractivity contribution in [3.63, 3.8) is 0 Å². The van der Waals surface area contributed by atoms with Gasteiger partial charge in [0.15, 0.2) is 0 Å². The fraction of sp³-hybridized carbons (Fsp3) is 0.579. The molecule has 25 heavy (non-hydrogen) atoms. The first kappa shape index (κ1) is 19.1. The minimum atomic E-state index is -0.386. The number of hydrogen-bond donors (Lipinski definition) is 2. The Kier molecular flexibility index (Phi) is 7.10. The molecule has 1 fully saturated rings. The Morgan fingerprint density at radius 2 is 1.96 bits per heavy atom. The van der Waals surface area contributed by atoms with Crippen LogP contribution < -0.4 is 15.5 Å². The summed E-state index contributed by atoms with van der Waals surface area (Å²) < 4.78 is 4.65. The summed E-state index contributed by atoms with van der Waals surface area (Å²) in [5.41, 5.74) is 1.67. The number of carbonyl (C=O) groups is 2. The molecule has 0 spiro atoms. The Balaban J connectivity index is 1.99. The molecule has 0 bridgehead atoms. The zero-order valence-corrected chi connectivity index (χ0v) is 15.4. The van der Waals surface area contributed by atoms with E-state index in [2.05, 4.69) is 34.1 Å². The quantitative estimate of drug-likeness (QED) is 0.830. The van der Waals surface area contributed by atoms with Crippen LogP contribution in [0.5, 0.6) is 0 Å². The third kappa shape index (κ3) is 5.37. The number of carbonyl (C=O) groups excluding carboxylic acids is 2. The van der Waals surface area contributed by atoms with Crippen LogP contribution in [0.2, 0.25) is 0 Å². The van der Waals surface area contributed by atoms with Crippen molar-refractivity contribution in [1.82, 2.24) is 10.6 Å². The molecule has 1 aromatic rings. The Bertz CT molecular complexity index is 583. The number of amides is 2. The molecule has 2 N–H and O–H groups in total. The Morgan fingerprint density at radius 1 is 1.28 bits per heavy atom. The molecule has 1 aliphatic heterocycles. The number of alkyl carbamates (subject to hydrolysis) is 1. The third-order valence-electron chi connectivity index (χ3n) is 4.80. The molecule has 138 valence electrons. The van der Waals surface area contributed by atoms with Crippen LogP contribution in [0.15, 0.2) is 24.3 Å². The van der Waals surface area contributed by atoms with E-state index in [1.807, 2.05) is 24.3 Å². The van der Waals surface area contributed by atoms with Crippen LogP contribution in [-0.2, 0) is 4.74 Å². The maximum absolute atomic E-state index is 12.6. The summed E-state index contributed by atoms with van der Waals surface area (Å²) in [6.07, 6.45) is 2.32. The fourth-order valence-electron chi connectivity index (χ4n) is 2.94. The number of piperidine rings is 1. The molecule has 1 aliphatic rings. The van der Waals surface area contributed by atoms with E-state index in [9.17, 15) is 9.59 Å². The van der Waals surface area contributed by atoms with E-state index in [4.69, 9.17) is 0 Å². The lowest BCUT2D eigenvalue weighted by atomic mass is 10.0. The third-order valence-corrected chi connectivity index (χ3v) is 4.80. The number of hydrogen-bond acceptors (Lipinski definition) is 4. The van der Waals surface area contributed by atoms with E-state index >= 15 is 0 Å². The molecule has 1 heterocycles. The van der Waals surface area contributed by atoms with Crippen molar-refractivity contribution in [1.29, 1.82) is 0 Å². The first-order chi connectivity index (χ1) is 12.0. The Morgan fingerprint density at radius 3 is 2.60 bits per heavy atom. The number of nitrogens with one attached hydrogen (secondary N) is 2. The van der Waals surface area contributed by atoms with Gasteiger partial charge < -0.3 is 20.3 Å². The minimum absolute atomic E-state index is 0.0225. The number of rotatable bonds is 6. The van der Waals surface area contributed by atoms with Crippen LogP contribution in [0, 0.1) is 5.92 Å². The summed E-state index contributed by atoms with van der Waals surface area (Å²) in [7, 11) is 1.37. The molecule has 2 amide bonds. The summed E-state index contributed by atoms with van der Waals surface area (Å²) in [6.45, 7) is 6.53. The Hall–Kier alpha value is -2.24. The van der Waals surface area contributed by atoms with Crippen LogP contribution in [0.3, 0.4) is 0 Å². The molecule has 1 aromatic carbocycles. The summed E-state index contributed by atoms with van der Waals surface area (Å²) in [5.74, 6) is 0.446. The summed E-state index contributed by atoms with van der Waals surface area (Å²) in [4.78, 5) is 26.1. The average molecular weight is 347 g/mol. The second kappa shape index (κ2) is 9.30. The number of ether oxygens (including phenoxy) is 1. The van der Waals surface area contributed by atoms with Crippen molar-refractivity contribution in [3.8, 4) is 0 Å². The number of nitrogens with zero attached hydrogens (tertiary/aromatic N) is 1. The molecule has 0 aliphatic carbocycles. The highest BCUT2D eigenvalue weighted by Crippen LogP contribution is 2.24. The van der Waals surface area contributed by atoms with Crippen molar-refractivity contribution in [2.75, 3.05) is 31.6 Å².